The van der Waals surface area contributed by atoms with Crippen LogP contribution in [-0.4, -0.2) is 33.9 Å². The number of carboxylic acid groups (broad SMARTS) is 1. The van der Waals surface area contributed by atoms with Crippen molar-refractivity contribution < 1.29 is 24.5 Å². The first-order valence-corrected chi connectivity index (χ1v) is 8.76. The lowest BCUT2D eigenvalue weighted by atomic mass is 9.62. The Bertz CT molecular complexity index is 725. The molecule has 1 heterocycles. The largest absolute Gasteiger partial charge is 0.481 e. The molecule has 5 aliphatic rings. The second-order valence-corrected chi connectivity index (χ2v) is 8.76. The molecule has 2 N–H and O–H groups in total. The van der Waals surface area contributed by atoms with Crippen LogP contribution in [0.4, 0.5) is 0 Å². The minimum Gasteiger partial charge on any atom is -0.481 e. The van der Waals surface area contributed by atoms with Gasteiger partial charge in [-0.1, -0.05) is 24.3 Å². The van der Waals surface area contributed by atoms with Gasteiger partial charge >= 0.3 is 11.9 Å². The van der Waals surface area contributed by atoms with Crippen molar-refractivity contribution >= 4 is 11.9 Å². The molecule has 128 valence electrons. The average Bonchev–Trinajstić information content (AvgIpc) is 2.96. The Morgan fingerprint density at radius 3 is 2.92 bits per heavy atom. The summed E-state index contributed by atoms with van der Waals surface area (Å²) in [6.07, 6.45) is 5.65. The summed E-state index contributed by atoms with van der Waals surface area (Å²) in [6.45, 7) is 5.95. The standard InChI is InChI=1S/C19H22O5/c1-9-7-18-8-10(9)11(20)6-12(18)19-5-3-4-17(2,16(23)24-19)14(19)13(18)15(21)22/h3-4,10-14,20H,1,5-8H2,2H3,(H,21,22)/t10-,11+,12-,13-,14-,17-,18+,19-/m1/s1. The fourth-order valence-electron chi connectivity index (χ4n) is 7.22. The second kappa shape index (κ2) is 3.96. The van der Waals surface area contributed by atoms with E-state index in [2.05, 4.69) is 6.58 Å². The fraction of sp³-hybridized carbons (Fsp3) is 0.684. The highest BCUT2D eigenvalue weighted by atomic mass is 16.6. The van der Waals surface area contributed by atoms with E-state index in [-0.39, 0.29) is 23.7 Å². The van der Waals surface area contributed by atoms with Crippen LogP contribution >= 0.6 is 0 Å². The molecule has 4 fully saturated rings. The molecule has 1 spiro atoms. The number of aliphatic carboxylic acids is 1. The summed E-state index contributed by atoms with van der Waals surface area (Å²) in [7, 11) is 0. The Morgan fingerprint density at radius 1 is 1.46 bits per heavy atom. The van der Waals surface area contributed by atoms with Crippen LogP contribution in [0.2, 0.25) is 0 Å². The summed E-state index contributed by atoms with van der Waals surface area (Å²) in [4.78, 5) is 25.0. The number of aliphatic hydroxyl groups is 1. The van der Waals surface area contributed by atoms with E-state index in [1.807, 2.05) is 19.1 Å². The maximum absolute atomic E-state index is 12.6. The molecule has 0 aromatic heterocycles. The third-order valence-electron chi connectivity index (χ3n) is 7.92. The Balaban J connectivity index is 1.77. The van der Waals surface area contributed by atoms with Crippen molar-refractivity contribution in [3.8, 4) is 0 Å². The number of esters is 1. The van der Waals surface area contributed by atoms with Crippen molar-refractivity contribution in [1.82, 2.24) is 0 Å². The van der Waals surface area contributed by atoms with Crippen LogP contribution in [0.25, 0.3) is 0 Å². The highest BCUT2D eigenvalue weighted by molar-refractivity contribution is 5.86. The SMILES string of the molecule is C=C1C[C@]23C[C@H]1[C@@H](O)C[C@H]2[C@@]12CC=C[C@@](C)(C(=O)O1)[C@H]2[C@@H]3C(=O)O. The van der Waals surface area contributed by atoms with E-state index < -0.39 is 34.4 Å². The van der Waals surface area contributed by atoms with Crippen molar-refractivity contribution in [2.45, 2.75) is 44.3 Å². The first-order chi connectivity index (χ1) is 11.3. The van der Waals surface area contributed by atoms with Gasteiger partial charge in [0.05, 0.1) is 17.4 Å². The normalized spacial score (nSPS) is 56.8. The molecule has 0 aromatic carbocycles. The minimum absolute atomic E-state index is 0.0188. The number of hydrogen-bond acceptors (Lipinski definition) is 4. The molecule has 5 nitrogen and oxygen atoms in total. The van der Waals surface area contributed by atoms with Crippen molar-refractivity contribution in [3.63, 3.8) is 0 Å². The van der Waals surface area contributed by atoms with E-state index in [0.29, 0.717) is 25.7 Å². The number of fused-ring (bicyclic) bond motifs is 1. The van der Waals surface area contributed by atoms with Gasteiger partial charge in [0.1, 0.15) is 5.60 Å². The first kappa shape index (κ1) is 14.7. The molecule has 3 saturated carbocycles. The number of rotatable bonds is 1. The fourth-order valence-corrected chi connectivity index (χ4v) is 7.22. The van der Waals surface area contributed by atoms with Crippen LogP contribution in [0.15, 0.2) is 24.3 Å². The number of carboxylic acids is 1. The lowest BCUT2D eigenvalue weighted by molar-refractivity contribution is -0.162. The van der Waals surface area contributed by atoms with Gasteiger partial charge in [0.15, 0.2) is 0 Å². The Hall–Kier alpha value is -1.62. The Labute approximate surface area is 140 Å². The Morgan fingerprint density at radius 2 is 2.21 bits per heavy atom. The van der Waals surface area contributed by atoms with Gasteiger partial charge in [0, 0.05) is 24.2 Å². The van der Waals surface area contributed by atoms with E-state index in [1.165, 1.54) is 0 Å². The zero-order valence-electron chi connectivity index (χ0n) is 13.7. The van der Waals surface area contributed by atoms with E-state index in [1.54, 1.807) is 0 Å². The predicted molar refractivity (Wildman–Crippen MR) is 83.7 cm³/mol. The van der Waals surface area contributed by atoms with Gasteiger partial charge in [-0.2, -0.15) is 0 Å². The number of hydrogen-bond donors (Lipinski definition) is 2. The van der Waals surface area contributed by atoms with E-state index in [9.17, 15) is 19.8 Å². The van der Waals surface area contributed by atoms with E-state index in [4.69, 9.17) is 4.74 Å². The van der Waals surface area contributed by atoms with Gasteiger partial charge in [-0.15, -0.1) is 0 Å². The van der Waals surface area contributed by atoms with Gasteiger partial charge in [-0.05, 0) is 31.6 Å². The monoisotopic (exact) mass is 330 g/mol. The van der Waals surface area contributed by atoms with Crippen LogP contribution in [0.3, 0.4) is 0 Å². The maximum Gasteiger partial charge on any atom is 0.316 e. The van der Waals surface area contributed by atoms with Crippen LogP contribution < -0.4 is 0 Å². The van der Waals surface area contributed by atoms with Gasteiger partial charge in [-0.3, -0.25) is 9.59 Å². The molecule has 1 aliphatic heterocycles. The summed E-state index contributed by atoms with van der Waals surface area (Å²) in [5, 5.41) is 20.7. The maximum atomic E-state index is 12.6. The van der Waals surface area contributed by atoms with Crippen molar-refractivity contribution in [2.24, 2.45) is 34.5 Å². The smallest absolute Gasteiger partial charge is 0.316 e. The molecule has 0 amide bonds. The summed E-state index contributed by atoms with van der Waals surface area (Å²) >= 11 is 0. The molecule has 4 aliphatic carbocycles. The number of aliphatic hydroxyl groups excluding tert-OH is 1. The Kier molecular flexibility index (Phi) is 2.42. The van der Waals surface area contributed by atoms with Crippen molar-refractivity contribution in [1.29, 1.82) is 0 Å². The van der Waals surface area contributed by atoms with Crippen LogP contribution in [0.5, 0.6) is 0 Å². The van der Waals surface area contributed by atoms with Crippen molar-refractivity contribution in [3.05, 3.63) is 24.3 Å². The number of carbonyl (C=O) groups excluding carboxylic acids is 1. The van der Waals surface area contributed by atoms with Gasteiger partial charge < -0.3 is 14.9 Å². The van der Waals surface area contributed by atoms with Gasteiger partial charge in [0.25, 0.3) is 0 Å². The summed E-state index contributed by atoms with van der Waals surface area (Å²) in [5.41, 5.74) is -1.13. The zero-order chi connectivity index (χ0) is 17.1. The second-order valence-electron chi connectivity index (χ2n) is 8.76. The topological polar surface area (TPSA) is 83.8 Å². The number of ether oxygens (including phenoxy) is 1. The van der Waals surface area contributed by atoms with Crippen LogP contribution in [0.1, 0.15) is 32.6 Å². The predicted octanol–water partition coefficient (Wildman–Crippen LogP) is 1.91. The van der Waals surface area contributed by atoms with E-state index >= 15 is 0 Å². The molecule has 0 unspecified atom stereocenters. The molecule has 4 bridgehead atoms. The molecular weight excluding hydrogens is 308 g/mol. The third kappa shape index (κ3) is 1.28. The highest BCUT2D eigenvalue weighted by Crippen LogP contribution is 2.76. The minimum atomic E-state index is -0.877. The van der Waals surface area contributed by atoms with E-state index in [0.717, 1.165) is 5.57 Å². The summed E-state index contributed by atoms with van der Waals surface area (Å²) < 4.78 is 5.97. The highest BCUT2D eigenvalue weighted by Gasteiger charge is 2.81. The van der Waals surface area contributed by atoms with Crippen molar-refractivity contribution in [2.75, 3.05) is 0 Å². The molecule has 1 saturated heterocycles. The van der Waals surface area contributed by atoms with Gasteiger partial charge in [0.2, 0.25) is 0 Å². The average molecular weight is 330 g/mol. The van der Waals surface area contributed by atoms with Crippen LogP contribution in [0, 0.1) is 34.5 Å². The molecule has 5 rings (SSSR count). The third-order valence-corrected chi connectivity index (χ3v) is 7.92. The summed E-state index contributed by atoms with van der Waals surface area (Å²) in [6, 6.07) is 0. The molecule has 8 atom stereocenters. The molecule has 0 radical (unpaired) electrons. The summed E-state index contributed by atoms with van der Waals surface area (Å²) in [5.74, 6) is -2.26. The quantitative estimate of drug-likeness (QED) is 0.567. The number of carbonyl (C=O) groups is 2. The molecule has 0 aromatic rings. The molecule has 24 heavy (non-hydrogen) atoms. The lowest BCUT2D eigenvalue weighted by Crippen LogP contribution is -2.47. The van der Waals surface area contributed by atoms with Crippen LogP contribution in [-0.2, 0) is 14.3 Å². The zero-order valence-corrected chi connectivity index (χ0v) is 13.7. The molecular formula is C19H22O5. The molecule has 5 heteroatoms. The van der Waals surface area contributed by atoms with Gasteiger partial charge in [-0.25, -0.2) is 0 Å². The first-order valence-electron chi connectivity index (χ1n) is 8.76. The lowest BCUT2D eigenvalue weighted by Gasteiger charge is -2.44.